The molecule has 0 amide bonds. The average Bonchev–Trinajstić information content (AvgIpc) is 2.91. The van der Waals surface area contributed by atoms with E-state index < -0.39 is 0 Å². The van der Waals surface area contributed by atoms with Crippen molar-refractivity contribution >= 4 is 5.69 Å². The van der Waals surface area contributed by atoms with Crippen LogP contribution in [0.2, 0.25) is 0 Å². The second-order valence-corrected chi connectivity index (χ2v) is 5.28. The standard InChI is InChI=1S/C16H26N2/c1-2-3-6-15-7-9-16(10-8-15)17-11-14-18-12-4-5-13-18/h7-10,17H,2-6,11-14H2,1H3. The molecule has 1 saturated heterocycles. The highest BCUT2D eigenvalue weighted by Crippen LogP contribution is 2.12. The number of likely N-dealkylation sites (tertiary alicyclic amines) is 1. The number of unbranched alkanes of at least 4 members (excludes halogenated alkanes) is 1. The Morgan fingerprint density at radius 1 is 1.11 bits per heavy atom. The lowest BCUT2D eigenvalue weighted by Gasteiger charge is -2.15. The molecule has 0 radical (unpaired) electrons. The summed E-state index contributed by atoms with van der Waals surface area (Å²) in [5.74, 6) is 0. The molecule has 0 saturated carbocycles. The van der Waals surface area contributed by atoms with Crippen LogP contribution in [-0.2, 0) is 6.42 Å². The molecule has 1 aliphatic rings. The zero-order valence-electron chi connectivity index (χ0n) is 11.6. The molecule has 0 aromatic heterocycles. The van der Waals surface area contributed by atoms with Gasteiger partial charge in [0.05, 0.1) is 0 Å². The Balaban J connectivity index is 1.68. The van der Waals surface area contributed by atoms with Gasteiger partial charge in [-0.3, -0.25) is 0 Å². The Labute approximate surface area is 111 Å². The lowest BCUT2D eigenvalue weighted by Crippen LogP contribution is -2.25. The van der Waals surface area contributed by atoms with E-state index in [1.165, 1.54) is 63.0 Å². The van der Waals surface area contributed by atoms with Crippen molar-refractivity contribution in [1.82, 2.24) is 4.90 Å². The van der Waals surface area contributed by atoms with E-state index in [-0.39, 0.29) is 0 Å². The summed E-state index contributed by atoms with van der Waals surface area (Å²) >= 11 is 0. The van der Waals surface area contributed by atoms with Crippen molar-refractivity contribution in [2.24, 2.45) is 0 Å². The molecule has 0 spiro atoms. The van der Waals surface area contributed by atoms with Gasteiger partial charge in [0.25, 0.3) is 0 Å². The van der Waals surface area contributed by atoms with Gasteiger partial charge in [-0.25, -0.2) is 0 Å². The van der Waals surface area contributed by atoms with E-state index in [4.69, 9.17) is 0 Å². The maximum absolute atomic E-state index is 3.51. The monoisotopic (exact) mass is 246 g/mol. The first kappa shape index (κ1) is 13.4. The van der Waals surface area contributed by atoms with Gasteiger partial charge in [0.1, 0.15) is 0 Å². The van der Waals surface area contributed by atoms with E-state index in [1.807, 2.05) is 0 Å². The highest BCUT2D eigenvalue weighted by atomic mass is 15.1. The van der Waals surface area contributed by atoms with Crippen molar-refractivity contribution in [2.75, 3.05) is 31.5 Å². The molecule has 2 rings (SSSR count). The van der Waals surface area contributed by atoms with Gasteiger partial charge in [-0.1, -0.05) is 25.5 Å². The number of aryl methyl sites for hydroxylation is 1. The maximum Gasteiger partial charge on any atom is 0.0340 e. The molecule has 2 heteroatoms. The molecule has 0 aliphatic carbocycles. The number of benzene rings is 1. The van der Waals surface area contributed by atoms with Crippen LogP contribution >= 0.6 is 0 Å². The van der Waals surface area contributed by atoms with Gasteiger partial charge < -0.3 is 10.2 Å². The molecule has 1 aromatic rings. The summed E-state index contributed by atoms with van der Waals surface area (Å²) in [6, 6.07) is 8.95. The van der Waals surface area contributed by atoms with Crippen molar-refractivity contribution in [1.29, 1.82) is 0 Å². The fourth-order valence-electron chi connectivity index (χ4n) is 2.53. The molecular weight excluding hydrogens is 220 g/mol. The van der Waals surface area contributed by atoms with E-state index in [0.29, 0.717) is 0 Å². The van der Waals surface area contributed by atoms with E-state index in [2.05, 4.69) is 41.4 Å². The number of nitrogens with zero attached hydrogens (tertiary/aromatic N) is 1. The Kier molecular flexibility index (Phi) is 5.53. The Hall–Kier alpha value is -1.02. The highest BCUT2D eigenvalue weighted by Gasteiger charge is 2.09. The maximum atomic E-state index is 3.51. The van der Waals surface area contributed by atoms with Gasteiger partial charge in [-0.2, -0.15) is 0 Å². The molecule has 1 N–H and O–H groups in total. The van der Waals surface area contributed by atoms with Crippen LogP contribution in [0.5, 0.6) is 0 Å². The smallest absolute Gasteiger partial charge is 0.0340 e. The van der Waals surface area contributed by atoms with Crippen molar-refractivity contribution in [3.8, 4) is 0 Å². The van der Waals surface area contributed by atoms with Crippen molar-refractivity contribution in [2.45, 2.75) is 39.0 Å². The second kappa shape index (κ2) is 7.42. The summed E-state index contributed by atoms with van der Waals surface area (Å²) in [4.78, 5) is 2.54. The van der Waals surface area contributed by atoms with Gasteiger partial charge in [-0.05, 0) is 56.5 Å². The summed E-state index contributed by atoms with van der Waals surface area (Å²) in [5.41, 5.74) is 2.72. The van der Waals surface area contributed by atoms with Crippen LogP contribution in [0.3, 0.4) is 0 Å². The third kappa shape index (κ3) is 4.34. The number of anilines is 1. The van der Waals surface area contributed by atoms with E-state index in [0.717, 1.165) is 6.54 Å². The van der Waals surface area contributed by atoms with E-state index in [9.17, 15) is 0 Å². The third-order valence-corrected chi connectivity index (χ3v) is 3.73. The molecular formula is C16H26N2. The summed E-state index contributed by atoms with van der Waals surface area (Å²) in [7, 11) is 0. The molecule has 100 valence electrons. The topological polar surface area (TPSA) is 15.3 Å². The molecule has 1 fully saturated rings. The fraction of sp³-hybridized carbons (Fsp3) is 0.625. The molecule has 2 nitrogen and oxygen atoms in total. The van der Waals surface area contributed by atoms with Crippen LogP contribution in [-0.4, -0.2) is 31.1 Å². The molecule has 1 heterocycles. The van der Waals surface area contributed by atoms with Crippen molar-refractivity contribution in [3.63, 3.8) is 0 Å². The third-order valence-electron chi connectivity index (χ3n) is 3.73. The van der Waals surface area contributed by atoms with E-state index in [1.54, 1.807) is 0 Å². The summed E-state index contributed by atoms with van der Waals surface area (Å²) < 4.78 is 0. The van der Waals surface area contributed by atoms with Crippen LogP contribution in [0.1, 0.15) is 38.2 Å². The van der Waals surface area contributed by atoms with Crippen molar-refractivity contribution < 1.29 is 0 Å². The van der Waals surface area contributed by atoms with Crippen LogP contribution in [0.15, 0.2) is 24.3 Å². The number of nitrogens with one attached hydrogen (secondary N) is 1. The molecule has 1 aromatic carbocycles. The Bertz CT molecular complexity index is 325. The first-order valence-electron chi connectivity index (χ1n) is 7.43. The minimum atomic E-state index is 1.06. The number of rotatable bonds is 7. The highest BCUT2D eigenvalue weighted by molar-refractivity contribution is 5.44. The summed E-state index contributed by atoms with van der Waals surface area (Å²) in [6.07, 6.45) is 6.54. The second-order valence-electron chi connectivity index (χ2n) is 5.28. The van der Waals surface area contributed by atoms with Crippen LogP contribution in [0.25, 0.3) is 0 Å². The quantitative estimate of drug-likeness (QED) is 0.791. The molecule has 0 unspecified atom stereocenters. The molecule has 1 aliphatic heterocycles. The van der Waals surface area contributed by atoms with Gasteiger partial charge in [0.15, 0.2) is 0 Å². The number of hydrogen-bond donors (Lipinski definition) is 1. The van der Waals surface area contributed by atoms with Crippen LogP contribution in [0.4, 0.5) is 5.69 Å². The molecule has 0 atom stereocenters. The normalized spacial score (nSPS) is 16.1. The lowest BCUT2D eigenvalue weighted by atomic mass is 10.1. The van der Waals surface area contributed by atoms with Crippen LogP contribution < -0.4 is 5.32 Å². The minimum Gasteiger partial charge on any atom is -0.384 e. The minimum absolute atomic E-state index is 1.06. The average molecular weight is 246 g/mol. The van der Waals surface area contributed by atoms with Gasteiger partial charge >= 0.3 is 0 Å². The zero-order valence-corrected chi connectivity index (χ0v) is 11.6. The Morgan fingerprint density at radius 2 is 1.83 bits per heavy atom. The van der Waals surface area contributed by atoms with Crippen LogP contribution in [0, 0.1) is 0 Å². The van der Waals surface area contributed by atoms with E-state index >= 15 is 0 Å². The van der Waals surface area contributed by atoms with Gasteiger partial charge in [0.2, 0.25) is 0 Å². The summed E-state index contributed by atoms with van der Waals surface area (Å²) in [5, 5.41) is 3.51. The first-order valence-corrected chi connectivity index (χ1v) is 7.43. The Morgan fingerprint density at radius 3 is 2.50 bits per heavy atom. The first-order chi connectivity index (χ1) is 8.88. The van der Waals surface area contributed by atoms with Crippen molar-refractivity contribution in [3.05, 3.63) is 29.8 Å². The SMILES string of the molecule is CCCCc1ccc(NCCN2CCCC2)cc1. The predicted molar refractivity (Wildman–Crippen MR) is 79.2 cm³/mol. The largest absolute Gasteiger partial charge is 0.384 e. The molecule has 18 heavy (non-hydrogen) atoms. The van der Waals surface area contributed by atoms with Gasteiger partial charge in [-0.15, -0.1) is 0 Å². The van der Waals surface area contributed by atoms with Gasteiger partial charge in [0, 0.05) is 18.8 Å². The predicted octanol–water partition coefficient (Wildman–Crippen LogP) is 3.54. The lowest BCUT2D eigenvalue weighted by molar-refractivity contribution is 0.352. The zero-order chi connectivity index (χ0) is 12.6. The number of hydrogen-bond acceptors (Lipinski definition) is 2. The summed E-state index contributed by atoms with van der Waals surface area (Å²) in [6.45, 7) is 7.06. The molecule has 0 bridgehead atoms. The fourth-order valence-corrected chi connectivity index (χ4v) is 2.53.